The lowest BCUT2D eigenvalue weighted by molar-refractivity contribution is -0.383. The Kier molecular flexibility index (Phi) is 4.78. The SMILES string of the molecule is CCC(C)N(CC)c1ncnc(NN)c1[N+](=O)[O-]. The first kappa shape index (κ1) is 14.1. The second kappa shape index (κ2) is 6.10. The second-order valence-electron chi connectivity index (χ2n) is 3.84. The molecule has 100 valence electrons. The zero-order valence-corrected chi connectivity index (χ0v) is 10.8. The predicted octanol–water partition coefficient (Wildman–Crippen LogP) is 1.30. The van der Waals surface area contributed by atoms with E-state index in [4.69, 9.17) is 5.84 Å². The van der Waals surface area contributed by atoms with E-state index in [1.54, 1.807) is 0 Å². The van der Waals surface area contributed by atoms with Crippen LogP contribution in [0.15, 0.2) is 6.33 Å². The van der Waals surface area contributed by atoms with Gasteiger partial charge in [-0.2, -0.15) is 0 Å². The highest BCUT2D eigenvalue weighted by Gasteiger charge is 2.27. The van der Waals surface area contributed by atoms with Crippen LogP contribution in [0.1, 0.15) is 27.2 Å². The van der Waals surface area contributed by atoms with E-state index in [1.807, 2.05) is 25.7 Å². The molecular formula is C10H18N6O2. The van der Waals surface area contributed by atoms with Crippen LogP contribution in [0.5, 0.6) is 0 Å². The monoisotopic (exact) mass is 254 g/mol. The van der Waals surface area contributed by atoms with Gasteiger partial charge in [0.2, 0.25) is 11.6 Å². The predicted molar refractivity (Wildman–Crippen MR) is 69.3 cm³/mol. The fourth-order valence-electron chi connectivity index (χ4n) is 1.74. The number of nitrogen functional groups attached to an aromatic ring is 1. The standard InChI is InChI=1S/C10H18N6O2/c1-4-7(3)15(5-2)10-8(16(17)18)9(14-11)12-6-13-10/h6-7H,4-5,11H2,1-3H3,(H,12,13,14). The van der Waals surface area contributed by atoms with E-state index in [1.165, 1.54) is 6.33 Å². The third-order valence-electron chi connectivity index (χ3n) is 2.86. The lowest BCUT2D eigenvalue weighted by atomic mass is 10.2. The van der Waals surface area contributed by atoms with E-state index in [0.29, 0.717) is 12.4 Å². The van der Waals surface area contributed by atoms with Crippen molar-refractivity contribution in [3.63, 3.8) is 0 Å². The van der Waals surface area contributed by atoms with Crippen LogP contribution in [-0.2, 0) is 0 Å². The van der Waals surface area contributed by atoms with Gasteiger partial charge in [0.25, 0.3) is 0 Å². The first-order chi connectivity index (χ1) is 8.56. The molecular weight excluding hydrogens is 236 g/mol. The Morgan fingerprint density at radius 2 is 2.22 bits per heavy atom. The van der Waals surface area contributed by atoms with Gasteiger partial charge in [-0.15, -0.1) is 0 Å². The maximum Gasteiger partial charge on any atom is 0.354 e. The van der Waals surface area contributed by atoms with E-state index >= 15 is 0 Å². The number of nitrogens with one attached hydrogen (secondary N) is 1. The first-order valence-corrected chi connectivity index (χ1v) is 5.79. The molecule has 0 saturated heterocycles. The third kappa shape index (κ3) is 2.65. The number of rotatable bonds is 6. The summed E-state index contributed by atoms with van der Waals surface area (Å²) in [6.07, 6.45) is 2.13. The minimum absolute atomic E-state index is 0.0201. The van der Waals surface area contributed by atoms with Crippen molar-refractivity contribution in [1.29, 1.82) is 0 Å². The summed E-state index contributed by atoms with van der Waals surface area (Å²) in [5.41, 5.74) is 2.04. The van der Waals surface area contributed by atoms with Crippen molar-refractivity contribution in [3.8, 4) is 0 Å². The van der Waals surface area contributed by atoms with Crippen LogP contribution in [0, 0.1) is 10.1 Å². The molecule has 0 aliphatic carbocycles. The molecule has 0 aliphatic heterocycles. The first-order valence-electron chi connectivity index (χ1n) is 5.79. The highest BCUT2D eigenvalue weighted by atomic mass is 16.6. The van der Waals surface area contributed by atoms with Gasteiger partial charge < -0.3 is 10.3 Å². The number of nitrogens with zero attached hydrogens (tertiary/aromatic N) is 4. The van der Waals surface area contributed by atoms with Crippen molar-refractivity contribution in [2.24, 2.45) is 5.84 Å². The molecule has 0 radical (unpaired) electrons. The van der Waals surface area contributed by atoms with Crippen LogP contribution in [0.2, 0.25) is 0 Å². The van der Waals surface area contributed by atoms with Gasteiger partial charge in [0, 0.05) is 12.6 Å². The number of hydrazine groups is 1. The van der Waals surface area contributed by atoms with Gasteiger partial charge in [-0.1, -0.05) is 6.92 Å². The molecule has 0 saturated carbocycles. The molecule has 0 amide bonds. The summed E-state index contributed by atoms with van der Waals surface area (Å²) >= 11 is 0. The Morgan fingerprint density at radius 1 is 1.56 bits per heavy atom. The van der Waals surface area contributed by atoms with Crippen LogP contribution < -0.4 is 16.2 Å². The number of hydrogen-bond donors (Lipinski definition) is 2. The fraction of sp³-hybridized carbons (Fsp3) is 0.600. The van der Waals surface area contributed by atoms with Crippen LogP contribution in [-0.4, -0.2) is 27.5 Å². The second-order valence-corrected chi connectivity index (χ2v) is 3.84. The number of hydrogen-bond acceptors (Lipinski definition) is 7. The molecule has 3 N–H and O–H groups in total. The van der Waals surface area contributed by atoms with Crippen LogP contribution in [0.3, 0.4) is 0 Å². The quantitative estimate of drug-likeness (QED) is 0.447. The van der Waals surface area contributed by atoms with Crippen LogP contribution in [0.4, 0.5) is 17.3 Å². The van der Waals surface area contributed by atoms with Crippen molar-refractivity contribution in [2.75, 3.05) is 16.9 Å². The molecule has 0 aromatic carbocycles. The Hall–Kier alpha value is -1.96. The molecule has 18 heavy (non-hydrogen) atoms. The Labute approximate surface area is 105 Å². The number of anilines is 2. The Balaban J connectivity index is 3.33. The summed E-state index contributed by atoms with van der Waals surface area (Å²) in [5.74, 6) is 5.56. The molecule has 1 heterocycles. The van der Waals surface area contributed by atoms with Gasteiger partial charge >= 0.3 is 5.69 Å². The normalized spacial score (nSPS) is 12.0. The highest BCUT2D eigenvalue weighted by Crippen LogP contribution is 2.32. The molecule has 1 unspecified atom stereocenters. The Bertz CT molecular complexity index is 425. The van der Waals surface area contributed by atoms with Gasteiger partial charge in [0.1, 0.15) is 6.33 Å². The van der Waals surface area contributed by atoms with E-state index in [-0.39, 0.29) is 17.5 Å². The summed E-state index contributed by atoms with van der Waals surface area (Å²) in [5, 5.41) is 11.1. The summed E-state index contributed by atoms with van der Waals surface area (Å²) in [4.78, 5) is 20.3. The summed E-state index contributed by atoms with van der Waals surface area (Å²) in [6.45, 7) is 6.55. The minimum atomic E-state index is -0.518. The van der Waals surface area contributed by atoms with Crippen molar-refractivity contribution in [3.05, 3.63) is 16.4 Å². The zero-order chi connectivity index (χ0) is 13.7. The van der Waals surface area contributed by atoms with Gasteiger partial charge in [0.15, 0.2) is 0 Å². The van der Waals surface area contributed by atoms with E-state index < -0.39 is 4.92 Å². The van der Waals surface area contributed by atoms with Crippen molar-refractivity contribution >= 4 is 17.3 Å². The van der Waals surface area contributed by atoms with Crippen LogP contribution in [0.25, 0.3) is 0 Å². The maximum absolute atomic E-state index is 11.1. The van der Waals surface area contributed by atoms with Gasteiger partial charge in [0.05, 0.1) is 4.92 Å². The minimum Gasteiger partial charge on any atom is -0.348 e. The Morgan fingerprint density at radius 3 is 2.67 bits per heavy atom. The summed E-state index contributed by atoms with van der Waals surface area (Å²) in [6, 6.07) is 0.147. The molecule has 1 aromatic rings. The van der Waals surface area contributed by atoms with E-state index in [0.717, 1.165) is 6.42 Å². The number of nitrogens with two attached hydrogens (primary N) is 1. The summed E-state index contributed by atoms with van der Waals surface area (Å²) < 4.78 is 0. The van der Waals surface area contributed by atoms with E-state index in [2.05, 4.69) is 15.4 Å². The average Bonchev–Trinajstić information content (AvgIpc) is 2.38. The lowest BCUT2D eigenvalue weighted by Gasteiger charge is -2.27. The van der Waals surface area contributed by atoms with E-state index in [9.17, 15) is 10.1 Å². The van der Waals surface area contributed by atoms with Gasteiger partial charge in [-0.25, -0.2) is 15.8 Å². The van der Waals surface area contributed by atoms with Crippen LogP contribution >= 0.6 is 0 Å². The van der Waals surface area contributed by atoms with Crippen molar-refractivity contribution in [2.45, 2.75) is 33.2 Å². The third-order valence-corrected chi connectivity index (χ3v) is 2.86. The molecule has 0 fully saturated rings. The van der Waals surface area contributed by atoms with Gasteiger partial charge in [-0.05, 0) is 20.3 Å². The number of aromatic nitrogens is 2. The molecule has 1 rings (SSSR count). The number of nitro groups is 1. The largest absolute Gasteiger partial charge is 0.354 e. The fourth-order valence-corrected chi connectivity index (χ4v) is 1.74. The molecule has 1 aromatic heterocycles. The molecule has 0 aliphatic rings. The molecule has 1 atom stereocenters. The molecule has 0 bridgehead atoms. The maximum atomic E-state index is 11.1. The highest BCUT2D eigenvalue weighted by molar-refractivity contribution is 5.70. The summed E-state index contributed by atoms with van der Waals surface area (Å²) in [7, 11) is 0. The van der Waals surface area contributed by atoms with Gasteiger partial charge in [-0.3, -0.25) is 10.1 Å². The van der Waals surface area contributed by atoms with Crippen molar-refractivity contribution in [1.82, 2.24) is 9.97 Å². The smallest absolute Gasteiger partial charge is 0.348 e. The topological polar surface area (TPSA) is 110 Å². The molecule has 8 nitrogen and oxygen atoms in total. The van der Waals surface area contributed by atoms with Crippen molar-refractivity contribution < 1.29 is 4.92 Å². The lowest BCUT2D eigenvalue weighted by Crippen LogP contribution is -2.34. The molecule has 8 heteroatoms. The average molecular weight is 254 g/mol. The zero-order valence-electron chi connectivity index (χ0n) is 10.8. The molecule has 0 spiro atoms.